The van der Waals surface area contributed by atoms with E-state index < -0.39 is 17.8 Å². The Bertz CT molecular complexity index is 469. The molecule has 20 heavy (non-hydrogen) atoms. The van der Waals surface area contributed by atoms with Crippen molar-refractivity contribution in [3.8, 4) is 0 Å². The average molecular weight is 282 g/mol. The molecule has 1 aliphatic heterocycles. The Morgan fingerprint density at radius 3 is 2.70 bits per heavy atom. The number of azo groups is 1. The third-order valence-corrected chi connectivity index (χ3v) is 2.06. The monoisotopic (exact) mass is 282 g/mol. The lowest BCUT2D eigenvalue weighted by molar-refractivity contribution is -0.139. The van der Waals surface area contributed by atoms with Crippen LogP contribution in [0.15, 0.2) is 27.4 Å². The molecule has 0 saturated carbocycles. The Labute approximate surface area is 114 Å². The molecular weight excluding hydrogens is 268 g/mol. The van der Waals surface area contributed by atoms with Crippen LogP contribution < -0.4 is 5.32 Å². The van der Waals surface area contributed by atoms with Crippen molar-refractivity contribution in [1.29, 1.82) is 0 Å². The minimum atomic E-state index is -0.657. The molecule has 0 aromatic carbocycles. The first-order valence-corrected chi connectivity index (χ1v) is 5.76. The molecule has 9 heteroatoms. The van der Waals surface area contributed by atoms with Crippen molar-refractivity contribution in [2.45, 2.75) is 6.42 Å². The number of hydrogen-bond acceptors (Lipinski definition) is 8. The fourth-order valence-electron chi connectivity index (χ4n) is 1.12. The summed E-state index contributed by atoms with van der Waals surface area (Å²) in [7, 11) is 1.20. The maximum Gasteiger partial charge on any atom is 0.331 e. The molecule has 0 aliphatic carbocycles. The van der Waals surface area contributed by atoms with Gasteiger partial charge in [-0.1, -0.05) is 0 Å². The molecule has 0 saturated heterocycles. The van der Waals surface area contributed by atoms with E-state index in [0.717, 1.165) is 12.2 Å². The highest BCUT2D eigenvalue weighted by Gasteiger charge is 2.12. The van der Waals surface area contributed by atoms with Crippen molar-refractivity contribution in [2.24, 2.45) is 15.2 Å². The van der Waals surface area contributed by atoms with Crippen LogP contribution in [0.1, 0.15) is 6.42 Å². The third kappa shape index (κ3) is 5.85. The van der Waals surface area contributed by atoms with Gasteiger partial charge in [-0.25, -0.2) is 14.6 Å². The summed E-state index contributed by atoms with van der Waals surface area (Å²) in [6, 6.07) is 0. The van der Waals surface area contributed by atoms with E-state index in [2.05, 4.69) is 25.3 Å². The average Bonchev–Trinajstić information content (AvgIpc) is 2.98. The second-order valence-corrected chi connectivity index (χ2v) is 3.50. The smallest absolute Gasteiger partial charge is 0.331 e. The number of amidine groups is 1. The van der Waals surface area contributed by atoms with Crippen LogP contribution in [0.25, 0.3) is 0 Å². The molecule has 0 radical (unpaired) electrons. The molecule has 0 unspecified atom stereocenters. The van der Waals surface area contributed by atoms with Crippen molar-refractivity contribution >= 4 is 23.7 Å². The van der Waals surface area contributed by atoms with E-state index in [-0.39, 0.29) is 19.1 Å². The number of carbonyl (C=O) groups is 3. The highest BCUT2D eigenvalue weighted by Crippen LogP contribution is 1.94. The van der Waals surface area contributed by atoms with Gasteiger partial charge >= 0.3 is 11.9 Å². The van der Waals surface area contributed by atoms with E-state index in [9.17, 15) is 14.4 Å². The maximum absolute atomic E-state index is 11.4. The lowest BCUT2D eigenvalue weighted by Gasteiger charge is -2.03. The van der Waals surface area contributed by atoms with Gasteiger partial charge in [0.15, 0.2) is 6.67 Å². The Morgan fingerprint density at radius 1 is 1.30 bits per heavy atom. The summed E-state index contributed by atoms with van der Waals surface area (Å²) in [5.41, 5.74) is 0. The second kappa shape index (κ2) is 8.51. The van der Waals surface area contributed by atoms with Crippen molar-refractivity contribution in [3.63, 3.8) is 0 Å². The molecule has 1 heterocycles. The Morgan fingerprint density at radius 2 is 2.05 bits per heavy atom. The van der Waals surface area contributed by atoms with Gasteiger partial charge in [-0.15, -0.1) is 5.11 Å². The molecule has 9 nitrogen and oxygen atoms in total. The van der Waals surface area contributed by atoms with Crippen LogP contribution in [0, 0.1) is 0 Å². The Kier molecular flexibility index (Phi) is 6.59. The maximum atomic E-state index is 11.4. The summed E-state index contributed by atoms with van der Waals surface area (Å²) in [4.78, 5) is 37.0. The standard InChI is InChI=1S/C11H14N4O5/c1-19-8(16)3-4-9(17)20-6-2-5-12-11(18)10-13-7-14-15-10/h3-4H,2,5-7H2,1H3,(H,12,18)/b4-3+. The van der Waals surface area contributed by atoms with Crippen LogP contribution >= 0.6 is 0 Å². The summed E-state index contributed by atoms with van der Waals surface area (Å²) >= 11 is 0. The van der Waals surface area contributed by atoms with Gasteiger partial charge < -0.3 is 14.8 Å². The number of hydrogen-bond donors (Lipinski definition) is 1. The molecule has 108 valence electrons. The quantitative estimate of drug-likeness (QED) is 0.386. The molecular formula is C11H14N4O5. The molecule has 0 aromatic heterocycles. The van der Waals surface area contributed by atoms with Crippen LogP contribution in [0.3, 0.4) is 0 Å². The number of esters is 2. The molecule has 0 fully saturated rings. The SMILES string of the molecule is COC(=O)/C=C/C(=O)OCCCNC(=O)C1=NCN=N1. The van der Waals surface area contributed by atoms with Crippen molar-refractivity contribution in [3.05, 3.63) is 12.2 Å². The van der Waals surface area contributed by atoms with E-state index in [1.807, 2.05) is 0 Å². The highest BCUT2D eigenvalue weighted by atomic mass is 16.5. The van der Waals surface area contributed by atoms with Gasteiger partial charge in [0, 0.05) is 18.7 Å². The molecule has 1 aliphatic rings. The van der Waals surface area contributed by atoms with Gasteiger partial charge in [0.25, 0.3) is 5.91 Å². The molecule has 1 N–H and O–H groups in total. The lowest BCUT2D eigenvalue weighted by Crippen LogP contribution is -2.30. The number of methoxy groups -OCH3 is 1. The molecule has 0 spiro atoms. The normalized spacial score (nSPS) is 13.2. The van der Waals surface area contributed by atoms with Gasteiger partial charge in [0.2, 0.25) is 5.84 Å². The Balaban J connectivity index is 2.08. The fourth-order valence-corrected chi connectivity index (χ4v) is 1.12. The zero-order valence-corrected chi connectivity index (χ0v) is 10.9. The zero-order valence-electron chi connectivity index (χ0n) is 10.9. The van der Waals surface area contributed by atoms with E-state index >= 15 is 0 Å². The van der Waals surface area contributed by atoms with Crippen molar-refractivity contribution in [2.75, 3.05) is 26.9 Å². The highest BCUT2D eigenvalue weighted by molar-refractivity contribution is 6.38. The summed E-state index contributed by atoms with van der Waals surface area (Å²) in [6.45, 7) is 0.590. The van der Waals surface area contributed by atoms with Crippen LogP contribution in [0.2, 0.25) is 0 Å². The molecule has 1 rings (SSSR count). The molecule has 1 amide bonds. The van der Waals surface area contributed by atoms with Gasteiger partial charge in [0.1, 0.15) is 0 Å². The first-order chi connectivity index (χ1) is 9.63. The number of nitrogens with one attached hydrogen (secondary N) is 1. The summed E-state index contributed by atoms with van der Waals surface area (Å²) in [5.74, 6) is -1.66. The van der Waals surface area contributed by atoms with Crippen LogP contribution in [-0.4, -0.2) is 50.6 Å². The van der Waals surface area contributed by atoms with Gasteiger partial charge in [-0.3, -0.25) is 4.79 Å². The number of nitrogens with zero attached hydrogens (tertiary/aromatic N) is 3. The molecule has 0 aromatic rings. The van der Waals surface area contributed by atoms with E-state index in [0.29, 0.717) is 13.0 Å². The van der Waals surface area contributed by atoms with E-state index in [4.69, 9.17) is 4.74 Å². The number of rotatable bonds is 7. The minimum Gasteiger partial charge on any atom is -0.466 e. The number of carbonyl (C=O) groups excluding carboxylic acids is 3. The third-order valence-electron chi connectivity index (χ3n) is 2.06. The predicted molar refractivity (Wildman–Crippen MR) is 66.9 cm³/mol. The number of amides is 1. The van der Waals surface area contributed by atoms with Gasteiger partial charge in [-0.2, -0.15) is 5.11 Å². The van der Waals surface area contributed by atoms with E-state index in [1.54, 1.807) is 0 Å². The van der Waals surface area contributed by atoms with Crippen molar-refractivity contribution < 1.29 is 23.9 Å². The molecule has 0 atom stereocenters. The minimum absolute atomic E-state index is 0.0445. The Hall–Kier alpha value is -2.58. The lowest BCUT2D eigenvalue weighted by atomic mass is 10.4. The van der Waals surface area contributed by atoms with Crippen LogP contribution in [0.4, 0.5) is 0 Å². The van der Waals surface area contributed by atoms with E-state index in [1.165, 1.54) is 7.11 Å². The zero-order chi connectivity index (χ0) is 14.8. The second-order valence-electron chi connectivity index (χ2n) is 3.50. The van der Waals surface area contributed by atoms with Gasteiger partial charge in [0.05, 0.1) is 13.7 Å². The first kappa shape index (κ1) is 15.5. The number of ether oxygens (including phenoxy) is 2. The fraction of sp³-hybridized carbons (Fsp3) is 0.455. The summed E-state index contributed by atoms with van der Waals surface area (Å²) < 4.78 is 9.10. The first-order valence-electron chi connectivity index (χ1n) is 5.76. The van der Waals surface area contributed by atoms with Crippen LogP contribution in [-0.2, 0) is 23.9 Å². The van der Waals surface area contributed by atoms with Gasteiger partial charge in [-0.05, 0) is 6.42 Å². The topological polar surface area (TPSA) is 119 Å². The molecule has 0 bridgehead atoms. The summed E-state index contributed by atoms with van der Waals surface area (Å²) in [6.07, 6.45) is 2.36. The number of aliphatic imine (C=N–C) groups is 1. The predicted octanol–water partition coefficient (Wildman–Crippen LogP) is -0.413. The summed E-state index contributed by atoms with van der Waals surface area (Å²) in [5, 5.41) is 9.63. The van der Waals surface area contributed by atoms with Crippen LogP contribution in [0.5, 0.6) is 0 Å². The van der Waals surface area contributed by atoms with Crippen molar-refractivity contribution in [1.82, 2.24) is 5.32 Å². The largest absolute Gasteiger partial charge is 0.466 e.